The van der Waals surface area contributed by atoms with Gasteiger partial charge in [-0.1, -0.05) is 317 Å². The maximum atomic E-state index is 13.1. The highest BCUT2D eigenvalue weighted by Crippen LogP contribution is 2.45. The van der Waals surface area contributed by atoms with Crippen molar-refractivity contribution >= 4 is 39.5 Å². The van der Waals surface area contributed by atoms with E-state index >= 15 is 0 Å². The largest absolute Gasteiger partial charge is 0.472 e. The monoisotopic (exact) mass is 1410 g/mol. The van der Waals surface area contributed by atoms with Gasteiger partial charge in [-0.15, -0.1) is 0 Å². The van der Waals surface area contributed by atoms with Crippen LogP contribution in [-0.4, -0.2) is 96.7 Å². The molecule has 0 amide bonds. The van der Waals surface area contributed by atoms with Gasteiger partial charge in [-0.3, -0.25) is 37.3 Å². The number of unbranched alkanes of at least 4 members (excludes halogenated alkanes) is 38. The van der Waals surface area contributed by atoms with Crippen LogP contribution >= 0.6 is 15.6 Å². The average molecular weight is 1410 g/mol. The Bertz CT molecular complexity index is 1960. The summed E-state index contributed by atoms with van der Waals surface area (Å²) in [6.07, 6.45) is 56.4. The minimum Gasteiger partial charge on any atom is -0.462 e. The number of carbonyl (C=O) groups excluding carboxylic acids is 4. The van der Waals surface area contributed by atoms with Crippen LogP contribution in [0.4, 0.5) is 0 Å². The van der Waals surface area contributed by atoms with Crippen molar-refractivity contribution in [1.82, 2.24) is 0 Å². The van der Waals surface area contributed by atoms with Crippen molar-refractivity contribution in [2.24, 2.45) is 17.8 Å². The first-order valence-electron chi connectivity index (χ1n) is 39.2. The van der Waals surface area contributed by atoms with Crippen LogP contribution in [0.2, 0.25) is 0 Å². The van der Waals surface area contributed by atoms with Crippen molar-refractivity contribution < 1.29 is 80.2 Å². The van der Waals surface area contributed by atoms with Crippen LogP contribution in [0.15, 0.2) is 24.3 Å². The fourth-order valence-corrected chi connectivity index (χ4v) is 12.8. The summed E-state index contributed by atoms with van der Waals surface area (Å²) >= 11 is 0. The van der Waals surface area contributed by atoms with Crippen molar-refractivity contribution in [3.05, 3.63) is 24.3 Å². The highest BCUT2D eigenvalue weighted by Gasteiger charge is 2.30. The Morgan fingerprint density at radius 1 is 0.323 bits per heavy atom. The molecule has 0 rings (SSSR count). The van der Waals surface area contributed by atoms with E-state index in [2.05, 4.69) is 72.8 Å². The first-order valence-corrected chi connectivity index (χ1v) is 42.2. The molecule has 96 heavy (non-hydrogen) atoms. The van der Waals surface area contributed by atoms with Gasteiger partial charge in [-0.2, -0.15) is 0 Å². The molecule has 0 aliphatic rings. The zero-order chi connectivity index (χ0) is 70.9. The van der Waals surface area contributed by atoms with Crippen LogP contribution in [0.5, 0.6) is 0 Å². The third-order valence-corrected chi connectivity index (χ3v) is 19.2. The van der Waals surface area contributed by atoms with Crippen molar-refractivity contribution in [3.8, 4) is 0 Å². The molecule has 0 saturated carbocycles. The summed E-state index contributed by atoms with van der Waals surface area (Å²) in [7, 11) is -9.92. The number of aliphatic hydroxyl groups excluding tert-OH is 1. The zero-order valence-corrected chi connectivity index (χ0v) is 64.1. The summed E-state index contributed by atoms with van der Waals surface area (Å²) in [5.74, 6) is 0.0927. The second kappa shape index (κ2) is 67.1. The Morgan fingerprint density at radius 2 is 0.562 bits per heavy atom. The molecule has 5 atom stereocenters. The van der Waals surface area contributed by atoms with E-state index in [0.29, 0.717) is 31.6 Å². The predicted octanol–water partition coefficient (Wildman–Crippen LogP) is 22.1. The molecular formula is C77H146O17P2. The van der Waals surface area contributed by atoms with Crippen molar-refractivity contribution in [1.29, 1.82) is 0 Å². The molecule has 17 nitrogen and oxygen atoms in total. The van der Waals surface area contributed by atoms with Gasteiger partial charge in [0, 0.05) is 25.7 Å². The van der Waals surface area contributed by atoms with E-state index < -0.39 is 97.5 Å². The van der Waals surface area contributed by atoms with Crippen LogP contribution in [0.1, 0.15) is 370 Å². The highest BCUT2D eigenvalue weighted by atomic mass is 31.2. The molecule has 566 valence electrons. The third-order valence-electron chi connectivity index (χ3n) is 17.3. The molecule has 0 aromatic heterocycles. The van der Waals surface area contributed by atoms with Crippen LogP contribution in [0, 0.1) is 17.8 Å². The Hall–Kier alpha value is -2.46. The van der Waals surface area contributed by atoms with Crippen molar-refractivity contribution in [3.63, 3.8) is 0 Å². The molecule has 19 heteroatoms. The Kier molecular flexibility index (Phi) is 65.3. The van der Waals surface area contributed by atoms with E-state index in [1.54, 1.807) is 0 Å². The van der Waals surface area contributed by atoms with Gasteiger partial charge in [0.15, 0.2) is 12.2 Å². The number of phosphoric ester groups is 2. The van der Waals surface area contributed by atoms with Crippen LogP contribution < -0.4 is 0 Å². The van der Waals surface area contributed by atoms with Gasteiger partial charge in [-0.05, 0) is 69.1 Å². The minimum absolute atomic E-state index is 0.0992. The predicted molar refractivity (Wildman–Crippen MR) is 390 cm³/mol. The fraction of sp³-hybridized carbons (Fsp3) is 0.896. The molecule has 0 aromatic rings. The Morgan fingerprint density at radius 3 is 0.844 bits per heavy atom. The summed E-state index contributed by atoms with van der Waals surface area (Å²) in [6.45, 7) is 11.8. The molecule has 3 unspecified atom stereocenters. The molecule has 0 saturated heterocycles. The summed E-state index contributed by atoms with van der Waals surface area (Å²) in [5, 5.41) is 10.6. The first kappa shape index (κ1) is 93.5. The van der Waals surface area contributed by atoms with E-state index in [0.717, 1.165) is 127 Å². The van der Waals surface area contributed by atoms with Gasteiger partial charge < -0.3 is 33.8 Å². The van der Waals surface area contributed by atoms with Gasteiger partial charge in [-0.25, -0.2) is 9.13 Å². The average Bonchev–Trinajstić information content (AvgIpc) is 1.26. The molecule has 3 N–H and O–H groups in total. The van der Waals surface area contributed by atoms with Crippen molar-refractivity contribution in [2.75, 3.05) is 39.6 Å². The second-order valence-corrected chi connectivity index (χ2v) is 31.4. The number of aliphatic hydroxyl groups is 1. The van der Waals surface area contributed by atoms with Crippen LogP contribution in [0.25, 0.3) is 0 Å². The topological polar surface area (TPSA) is 237 Å². The lowest BCUT2D eigenvalue weighted by molar-refractivity contribution is -0.161. The van der Waals surface area contributed by atoms with Gasteiger partial charge in [0.1, 0.15) is 19.3 Å². The van der Waals surface area contributed by atoms with E-state index in [4.69, 9.17) is 37.0 Å². The Labute approximate surface area is 586 Å². The third kappa shape index (κ3) is 70.0. The smallest absolute Gasteiger partial charge is 0.462 e. The Balaban J connectivity index is 5.25. The quantitative estimate of drug-likeness (QED) is 0.0169. The number of ether oxygens (including phenoxy) is 4. The van der Waals surface area contributed by atoms with Gasteiger partial charge >= 0.3 is 39.5 Å². The molecule has 0 aliphatic carbocycles. The lowest BCUT2D eigenvalue weighted by atomic mass is 10.0. The zero-order valence-electron chi connectivity index (χ0n) is 62.3. The minimum atomic E-state index is -4.96. The molecule has 0 heterocycles. The van der Waals surface area contributed by atoms with Crippen LogP contribution in [-0.2, 0) is 65.4 Å². The SMILES string of the molecule is CCCCCC/C=C\C=C/CCCCCCCC(=O)OC[C@H](COP(=O)(O)OCC(O)COP(=O)(O)OC[C@@H](COC(=O)CCCCCCCCC(C)C)OC(=O)CCCCCCCCCCCCCCCCCC(C)C)OC(=O)CCCCCCCCCCCCCC(C)C. The summed E-state index contributed by atoms with van der Waals surface area (Å²) < 4.78 is 68.5. The summed E-state index contributed by atoms with van der Waals surface area (Å²) in [6, 6.07) is 0. The summed E-state index contributed by atoms with van der Waals surface area (Å²) in [5.41, 5.74) is 0. The number of esters is 4. The van der Waals surface area contributed by atoms with E-state index in [9.17, 15) is 43.2 Å². The number of allylic oxidation sites excluding steroid dienone is 4. The lowest BCUT2D eigenvalue weighted by Gasteiger charge is -2.21. The molecule has 0 fully saturated rings. The number of carbonyl (C=O) groups is 4. The molecular weight excluding hydrogens is 1260 g/mol. The first-order chi connectivity index (χ1) is 46.2. The van der Waals surface area contributed by atoms with Crippen molar-refractivity contribution in [2.45, 2.75) is 388 Å². The highest BCUT2D eigenvalue weighted by molar-refractivity contribution is 7.47. The van der Waals surface area contributed by atoms with E-state index in [1.165, 1.54) is 154 Å². The lowest BCUT2D eigenvalue weighted by Crippen LogP contribution is -2.30. The summed E-state index contributed by atoms with van der Waals surface area (Å²) in [4.78, 5) is 72.8. The standard InChI is InChI=1S/C77H146O17P2/c1-8-9-10-11-12-13-14-15-17-21-26-31-36-44-51-58-74(79)87-64-72(93-77(82)61-54-47-38-33-28-23-25-30-35-42-49-56-69(4)5)66-91-95(83,84)89-62-71(78)63-90-96(85,86)92-67-73(65-88-75(80)59-52-45-40-39-43-50-57-70(6)7)94-76(81)60-53-46-37-32-27-22-19-16-18-20-24-29-34-41-48-55-68(2)3/h13-15,17,68-73,78H,8-12,16,18-67H2,1-7H3,(H,83,84)(H,85,86)/b14-13-,17-15-/t71?,72-,73-/m1/s1. The van der Waals surface area contributed by atoms with Gasteiger partial charge in [0.25, 0.3) is 0 Å². The number of hydrogen-bond acceptors (Lipinski definition) is 15. The molecule has 0 aromatic carbocycles. The maximum Gasteiger partial charge on any atom is 0.472 e. The molecule has 0 radical (unpaired) electrons. The maximum absolute atomic E-state index is 13.1. The van der Waals surface area contributed by atoms with Gasteiger partial charge in [0.05, 0.1) is 26.4 Å². The number of hydrogen-bond donors (Lipinski definition) is 3. The normalized spacial score (nSPS) is 14.2. The van der Waals surface area contributed by atoms with Gasteiger partial charge in [0.2, 0.25) is 0 Å². The second-order valence-electron chi connectivity index (χ2n) is 28.5. The van der Waals surface area contributed by atoms with E-state index in [-0.39, 0.29) is 25.7 Å². The molecule has 0 aliphatic heterocycles. The number of phosphoric acid groups is 2. The van der Waals surface area contributed by atoms with E-state index in [1.807, 2.05) is 0 Å². The fourth-order valence-electron chi connectivity index (χ4n) is 11.2. The molecule has 0 spiro atoms. The van der Waals surface area contributed by atoms with Crippen LogP contribution in [0.3, 0.4) is 0 Å². The molecule has 0 bridgehead atoms. The number of rotatable bonds is 73.